The molecule has 2 aliphatic heterocycles. The number of benzene rings is 1. The van der Waals surface area contributed by atoms with Crippen molar-refractivity contribution in [1.82, 2.24) is 14.8 Å². The van der Waals surface area contributed by atoms with E-state index in [4.69, 9.17) is 16.4 Å². The van der Waals surface area contributed by atoms with Crippen LogP contribution in [0.25, 0.3) is 0 Å². The molecule has 0 spiro atoms. The van der Waals surface area contributed by atoms with E-state index in [9.17, 15) is 4.79 Å². The fraction of sp³-hybridized carbons (Fsp3) is 0.409. The van der Waals surface area contributed by atoms with E-state index in [-0.39, 0.29) is 5.91 Å². The molecule has 0 radical (unpaired) electrons. The SMILES string of the molecule is CC1(C(=O)N2CCCN(Cc3ccccn3)CC2)CC(c2ccccc2Cl)=NO1. The Morgan fingerprint density at radius 2 is 1.97 bits per heavy atom. The van der Waals surface area contributed by atoms with Crippen LogP contribution in [0, 0.1) is 0 Å². The summed E-state index contributed by atoms with van der Waals surface area (Å²) in [6.45, 7) is 5.77. The molecule has 0 bridgehead atoms. The van der Waals surface area contributed by atoms with Crippen molar-refractivity contribution >= 4 is 23.2 Å². The second-order valence-corrected chi connectivity index (χ2v) is 8.17. The molecule has 2 aliphatic rings. The molecule has 152 valence electrons. The van der Waals surface area contributed by atoms with Crippen molar-refractivity contribution in [2.45, 2.75) is 31.9 Å². The van der Waals surface area contributed by atoms with E-state index in [0.717, 1.165) is 49.6 Å². The van der Waals surface area contributed by atoms with Crippen molar-refractivity contribution in [3.8, 4) is 0 Å². The largest absolute Gasteiger partial charge is 0.379 e. The molecule has 0 saturated carbocycles. The highest BCUT2D eigenvalue weighted by molar-refractivity contribution is 6.34. The molecule has 7 heteroatoms. The average molecular weight is 413 g/mol. The predicted molar refractivity (Wildman–Crippen MR) is 113 cm³/mol. The fourth-order valence-electron chi connectivity index (χ4n) is 3.88. The number of nitrogens with zero attached hydrogens (tertiary/aromatic N) is 4. The topological polar surface area (TPSA) is 58.0 Å². The summed E-state index contributed by atoms with van der Waals surface area (Å²) >= 11 is 6.29. The summed E-state index contributed by atoms with van der Waals surface area (Å²) in [6, 6.07) is 13.5. The minimum atomic E-state index is -0.981. The van der Waals surface area contributed by atoms with Gasteiger partial charge in [0.05, 0.1) is 11.4 Å². The Morgan fingerprint density at radius 3 is 2.76 bits per heavy atom. The van der Waals surface area contributed by atoms with Crippen LogP contribution >= 0.6 is 11.6 Å². The molecule has 29 heavy (non-hydrogen) atoms. The summed E-state index contributed by atoms with van der Waals surface area (Å²) in [4.78, 5) is 27.6. The quantitative estimate of drug-likeness (QED) is 0.772. The van der Waals surface area contributed by atoms with E-state index in [1.54, 1.807) is 0 Å². The number of amides is 1. The van der Waals surface area contributed by atoms with Crippen molar-refractivity contribution in [2.75, 3.05) is 26.2 Å². The monoisotopic (exact) mass is 412 g/mol. The van der Waals surface area contributed by atoms with Gasteiger partial charge in [0.15, 0.2) is 0 Å². The lowest BCUT2D eigenvalue weighted by atomic mass is 9.94. The second-order valence-electron chi connectivity index (χ2n) is 7.76. The minimum Gasteiger partial charge on any atom is -0.379 e. The van der Waals surface area contributed by atoms with Crippen LogP contribution in [-0.4, -0.2) is 58.2 Å². The Morgan fingerprint density at radius 1 is 1.14 bits per heavy atom. The molecule has 1 fully saturated rings. The van der Waals surface area contributed by atoms with Gasteiger partial charge in [0.1, 0.15) is 0 Å². The number of halogens is 1. The first-order chi connectivity index (χ1) is 14.0. The lowest BCUT2D eigenvalue weighted by Gasteiger charge is -2.29. The van der Waals surface area contributed by atoms with Crippen LogP contribution in [0.5, 0.6) is 0 Å². The lowest BCUT2D eigenvalue weighted by molar-refractivity contribution is -0.153. The molecule has 4 rings (SSSR count). The van der Waals surface area contributed by atoms with E-state index in [1.165, 1.54) is 0 Å². The Balaban J connectivity index is 1.38. The van der Waals surface area contributed by atoms with Crippen molar-refractivity contribution in [3.63, 3.8) is 0 Å². The number of oxime groups is 1. The first-order valence-corrected chi connectivity index (χ1v) is 10.3. The Hall–Kier alpha value is -2.44. The van der Waals surface area contributed by atoms with Gasteiger partial charge >= 0.3 is 0 Å². The van der Waals surface area contributed by atoms with Gasteiger partial charge in [0.25, 0.3) is 5.91 Å². The number of hydrogen-bond donors (Lipinski definition) is 0. The van der Waals surface area contributed by atoms with Gasteiger partial charge in [-0.15, -0.1) is 0 Å². The zero-order chi connectivity index (χ0) is 20.3. The zero-order valence-electron chi connectivity index (χ0n) is 16.6. The van der Waals surface area contributed by atoms with Crippen LogP contribution in [0.15, 0.2) is 53.8 Å². The molecular formula is C22H25ClN4O2. The Kier molecular flexibility index (Phi) is 5.83. The van der Waals surface area contributed by atoms with Gasteiger partial charge in [-0.2, -0.15) is 0 Å². The number of carbonyl (C=O) groups excluding carboxylic acids is 1. The molecule has 1 amide bonds. The average Bonchev–Trinajstić information content (AvgIpc) is 2.99. The highest BCUT2D eigenvalue weighted by Gasteiger charge is 2.45. The van der Waals surface area contributed by atoms with Gasteiger partial charge in [0.2, 0.25) is 5.60 Å². The van der Waals surface area contributed by atoms with E-state index in [0.29, 0.717) is 18.0 Å². The molecule has 1 unspecified atom stereocenters. The zero-order valence-corrected chi connectivity index (χ0v) is 17.3. The van der Waals surface area contributed by atoms with Gasteiger partial charge in [-0.25, -0.2) is 0 Å². The molecule has 0 aliphatic carbocycles. The van der Waals surface area contributed by atoms with Gasteiger partial charge in [-0.1, -0.05) is 41.0 Å². The lowest BCUT2D eigenvalue weighted by Crippen LogP contribution is -2.48. The molecule has 3 heterocycles. The molecule has 1 atom stereocenters. The molecule has 1 saturated heterocycles. The fourth-order valence-corrected chi connectivity index (χ4v) is 4.13. The Bertz CT molecular complexity index is 905. The summed E-state index contributed by atoms with van der Waals surface area (Å²) < 4.78 is 0. The van der Waals surface area contributed by atoms with Crippen LogP contribution in [0.1, 0.15) is 31.0 Å². The third-order valence-electron chi connectivity index (χ3n) is 5.49. The summed E-state index contributed by atoms with van der Waals surface area (Å²) in [5.74, 6) is -0.0111. The third kappa shape index (κ3) is 4.43. The van der Waals surface area contributed by atoms with Crippen molar-refractivity contribution in [3.05, 3.63) is 64.9 Å². The smallest absolute Gasteiger partial charge is 0.269 e. The number of hydrogen-bond acceptors (Lipinski definition) is 5. The van der Waals surface area contributed by atoms with E-state index >= 15 is 0 Å². The summed E-state index contributed by atoms with van der Waals surface area (Å²) in [6.07, 6.45) is 3.16. The maximum atomic E-state index is 13.3. The minimum absolute atomic E-state index is 0.0111. The summed E-state index contributed by atoms with van der Waals surface area (Å²) in [7, 11) is 0. The predicted octanol–water partition coefficient (Wildman–Crippen LogP) is 3.35. The molecule has 1 aromatic heterocycles. The van der Waals surface area contributed by atoms with Crippen LogP contribution in [0.2, 0.25) is 5.02 Å². The van der Waals surface area contributed by atoms with Crippen molar-refractivity contribution in [1.29, 1.82) is 0 Å². The highest BCUT2D eigenvalue weighted by Crippen LogP contribution is 2.31. The molecule has 1 aromatic carbocycles. The van der Waals surface area contributed by atoms with Crippen molar-refractivity contribution < 1.29 is 9.63 Å². The standard InChI is InChI=1S/C22H25ClN4O2/c1-22(15-20(25-29-22)18-8-2-3-9-19(18)23)21(28)27-12-6-11-26(13-14-27)16-17-7-4-5-10-24-17/h2-5,7-10H,6,11-16H2,1H3. The Labute approximate surface area is 176 Å². The second kappa shape index (κ2) is 8.51. The van der Waals surface area contributed by atoms with Crippen LogP contribution in [0.4, 0.5) is 0 Å². The normalized spacial score (nSPS) is 22.7. The maximum absolute atomic E-state index is 13.3. The number of carbonyl (C=O) groups is 1. The molecule has 0 N–H and O–H groups in total. The molecule has 2 aromatic rings. The first kappa shape index (κ1) is 19.9. The van der Waals surface area contributed by atoms with Gasteiger partial charge in [0, 0.05) is 55.9 Å². The first-order valence-electron chi connectivity index (χ1n) is 9.97. The summed E-state index contributed by atoms with van der Waals surface area (Å²) in [5.41, 5.74) is 1.61. The van der Waals surface area contributed by atoms with E-state index in [1.807, 2.05) is 60.5 Å². The van der Waals surface area contributed by atoms with Crippen LogP contribution < -0.4 is 0 Å². The van der Waals surface area contributed by atoms with Crippen molar-refractivity contribution in [2.24, 2.45) is 5.16 Å². The van der Waals surface area contributed by atoms with Crippen LogP contribution in [0.3, 0.4) is 0 Å². The third-order valence-corrected chi connectivity index (χ3v) is 5.82. The van der Waals surface area contributed by atoms with Gasteiger partial charge < -0.3 is 9.74 Å². The van der Waals surface area contributed by atoms with Crippen LogP contribution in [-0.2, 0) is 16.2 Å². The van der Waals surface area contributed by atoms with E-state index < -0.39 is 5.60 Å². The van der Waals surface area contributed by atoms with E-state index in [2.05, 4.69) is 15.0 Å². The summed E-state index contributed by atoms with van der Waals surface area (Å²) in [5, 5.41) is 4.81. The van der Waals surface area contributed by atoms with Gasteiger partial charge in [-0.3, -0.25) is 14.7 Å². The number of rotatable bonds is 4. The number of aromatic nitrogens is 1. The molecule has 6 nitrogen and oxygen atoms in total. The molecular weight excluding hydrogens is 388 g/mol. The highest BCUT2D eigenvalue weighted by atomic mass is 35.5. The number of pyridine rings is 1. The van der Waals surface area contributed by atoms with Gasteiger partial charge in [-0.05, 0) is 31.5 Å². The maximum Gasteiger partial charge on any atom is 0.269 e.